The SMILES string of the molecule is CNC(=O)C(CCC=O)N(C)Cc1c(C=O)cccc1OCc1cn(Cc2cccc(N(C)C)c2)nn1. The van der Waals surface area contributed by atoms with Crippen LogP contribution < -0.4 is 15.0 Å². The Morgan fingerprint density at radius 3 is 2.65 bits per heavy atom. The highest BCUT2D eigenvalue weighted by molar-refractivity contribution is 5.82. The molecule has 10 nitrogen and oxygen atoms in total. The molecule has 0 aliphatic carbocycles. The van der Waals surface area contributed by atoms with Crippen LogP contribution >= 0.6 is 0 Å². The van der Waals surface area contributed by atoms with Crippen molar-refractivity contribution in [3.63, 3.8) is 0 Å². The standard InChI is InChI=1S/C27H34N6O4/c1-28-27(36)25(11-7-13-34)32(4)17-24-21(18-35)9-6-12-26(24)37-19-22-16-33(30-29-22)15-20-8-5-10-23(14-20)31(2)3/h5-6,8-10,12-14,16,18,25H,7,11,15,17,19H2,1-4H3,(H,28,36). The van der Waals surface area contributed by atoms with Crippen LogP contribution in [0.4, 0.5) is 5.69 Å². The summed E-state index contributed by atoms with van der Waals surface area (Å²) in [7, 11) is 7.34. The number of rotatable bonds is 14. The number of carbonyl (C=O) groups is 3. The fourth-order valence-electron chi connectivity index (χ4n) is 4.05. The summed E-state index contributed by atoms with van der Waals surface area (Å²) < 4.78 is 7.82. The molecule has 2 aromatic carbocycles. The molecular formula is C27H34N6O4. The van der Waals surface area contributed by atoms with Crippen molar-refractivity contribution >= 4 is 24.2 Å². The fraction of sp³-hybridized carbons (Fsp3) is 0.370. The van der Waals surface area contributed by atoms with Gasteiger partial charge in [-0.25, -0.2) is 4.68 Å². The lowest BCUT2D eigenvalue weighted by Crippen LogP contribution is -2.43. The number of carbonyl (C=O) groups excluding carboxylic acids is 3. The molecule has 3 rings (SSSR count). The zero-order valence-electron chi connectivity index (χ0n) is 21.8. The quantitative estimate of drug-likeness (QED) is 0.332. The topological polar surface area (TPSA) is 110 Å². The second-order valence-corrected chi connectivity index (χ2v) is 8.99. The monoisotopic (exact) mass is 506 g/mol. The van der Waals surface area contributed by atoms with E-state index in [9.17, 15) is 14.4 Å². The molecule has 0 saturated heterocycles. The van der Waals surface area contributed by atoms with Gasteiger partial charge in [0.15, 0.2) is 6.29 Å². The van der Waals surface area contributed by atoms with Crippen LogP contribution in [0.5, 0.6) is 5.75 Å². The third kappa shape index (κ3) is 7.47. The molecule has 0 spiro atoms. The first-order valence-electron chi connectivity index (χ1n) is 12.1. The second-order valence-electron chi connectivity index (χ2n) is 8.99. The van der Waals surface area contributed by atoms with E-state index in [1.54, 1.807) is 37.0 Å². The van der Waals surface area contributed by atoms with Crippen LogP contribution in [0.15, 0.2) is 48.7 Å². The van der Waals surface area contributed by atoms with Crippen molar-refractivity contribution in [3.05, 3.63) is 71.0 Å². The van der Waals surface area contributed by atoms with Gasteiger partial charge >= 0.3 is 0 Å². The maximum atomic E-state index is 12.4. The smallest absolute Gasteiger partial charge is 0.237 e. The van der Waals surface area contributed by atoms with E-state index in [0.717, 1.165) is 23.8 Å². The molecule has 1 unspecified atom stereocenters. The number of hydrogen-bond acceptors (Lipinski definition) is 8. The number of hydrogen-bond donors (Lipinski definition) is 1. The van der Waals surface area contributed by atoms with E-state index in [4.69, 9.17) is 4.74 Å². The summed E-state index contributed by atoms with van der Waals surface area (Å²) in [6, 6.07) is 12.9. The average molecular weight is 507 g/mol. The molecule has 3 aromatic rings. The number of benzene rings is 2. The van der Waals surface area contributed by atoms with E-state index in [1.165, 1.54) is 0 Å². The van der Waals surface area contributed by atoms with Crippen LogP contribution in [-0.2, 0) is 29.3 Å². The zero-order valence-corrected chi connectivity index (χ0v) is 21.8. The van der Waals surface area contributed by atoms with Gasteiger partial charge in [0.05, 0.1) is 18.8 Å². The van der Waals surface area contributed by atoms with Gasteiger partial charge < -0.3 is 19.7 Å². The Bertz CT molecular complexity index is 1210. The van der Waals surface area contributed by atoms with Crippen LogP contribution in [-0.4, -0.2) is 72.6 Å². The largest absolute Gasteiger partial charge is 0.487 e. The van der Waals surface area contributed by atoms with Crippen LogP contribution in [0, 0.1) is 0 Å². The molecule has 0 fully saturated rings. The maximum Gasteiger partial charge on any atom is 0.237 e. The molecule has 37 heavy (non-hydrogen) atoms. The third-order valence-electron chi connectivity index (χ3n) is 6.08. The summed E-state index contributed by atoms with van der Waals surface area (Å²) in [5.41, 5.74) is 3.99. The summed E-state index contributed by atoms with van der Waals surface area (Å²) in [6.07, 6.45) is 4.03. The molecule has 1 atom stereocenters. The molecule has 1 heterocycles. The molecule has 1 N–H and O–H groups in total. The van der Waals surface area contributed by atoms with E-state index in [0.29, 0.717) is 35.5 Å². The molecule has 1 amide bonds. The summed E-state index contributed by atoms with van der Waals surface area (Å²) in [5, 5.41) is 11.1. The molecule has 1 aromatic heterocycles. The molecule has 10 heteroatoms. The van der Waals surface area contributed by atoms with Crippen molar-refractivity contribution < 1.29 is 19.1 Å². The van der Waals surface area contributed by atoms with Gasteiger partial charge in [0, 0.05) is 50.9 Å². The highest BCUT2D eigenvalue weighted by atomic mass is 16.5. The zero-order chi connectivity index (χ0) is 26.8. The molecule has 0 radical (unpaired) electrons. The molecule has 0 bridgehead atoms. The molecule has 0 aliphatic heterocycles. The van der Waals surface area contributed by atoms with E-state index >= 15 is 0 Å². The van der Waals surface area contributed by atoms with Gasteiger partial charge in [-0.15, -0.1) is 5.10 Å². The Morgan fingerprint density at radius 2 is 1.95 bits per heavy atom. The lowest BCUT2D eigenvalue weighted by atomic mass is 10.0. The highest BCUT2D eigenvalue weighted by Gasteiger charge is 2.24. The second kappa shape index (κ2) is 13.3. The number of anilines is 1. The number of aromatic nitrogens is 3. The summed E-state index contributed by atoms with van der Waals surface area (Å²) in [5.74, 6) is 0.332. The number of likely N-dealkylation sites (N-methyl/N-ethyl adjacent to an activating group) is 2. The van der Waals surface area contributed by atoms with Gasteiger partial charge in [0.25, 0.3) is 0 Å². The van der Waals surface area contributed by atoms with Gasteiger partial charge in [0.1, 0.15) is 24.3 Å². The molecular weight excluding hydrogens is 472 g/mol. The Labute approximate surface area is 217 Å². The first-order chi connectivity index (χ1) is 17.9. The number of ether oxygens (including phenoxy) is 1. The number of aldehydes is 2. The minimum Gasteiger partial charge on any atom is -0.487 e. The first-order valence-corrected chi connectivity index (χ1v) is 12.1. The molecule has 0 aliphatic rings. The average Bonchev–Trinajstić information content (AvgIpc) is 3.35. The van der Waals surface area contributed by atoms with Gasteiger partial charge in [0.2, 0.25) is 5.91 Å². The molecule has 196 valence electrons. The minimum absolute atomic E-state index is 0.167. The lowest BCUT2D eigenvalue weighted by molar-refractivity contribution is -0.126. The number of nitrogens with zero attached hydrogens (tertiary/aromatic N) is 5. The normalized spacial score (nSPS) is 11.7. The van der Waals surface area contributed by atoms with E-state index in [-0.39, 0.29) is 25.5 Å². The van der Waals surface area contributed by atoms with Crippen molar-refractivity contribution in [3.8, 4) is 5.75 Å². The van der Waals surface area contributed by atoms with Crippen LogP contribution in [0.25, 0.3) is 0 Å². The Kier molecular flexibility index (Phi) is 9.91. The summed E-state index contributed by atoms with van der Waals surface area (Å²) in [6.45, 7) is 1.03. The van der Waals surface area contributed by atoms with Crippen molar-refractivity contribution in [2.24, 2.45) is 0 Å². The number of amides is 1. The maximum absolute atomic E-state index is 12.4. The Hall–Kier alpha value is -4.05. The third-order valence-corrected chi connectivity index (χ3v) is 6.08. The Morgan fingerprint density at radius 1 is 1.16 bits per heavy atom. The predicted octanol–water partition coefficient (Wildman–Crippen LogP) is 2.31. The molecule has 0 saturated carbocycles. The van der Waals surface area contributed by atoms with Crippen molar-refractivity contribution in [1.29, 1.82) is 0 Å². The van der Waals surface area contributed by atoms with Gasteiger partial charge in [-0.05, 0) is 37.2 Å². The van der Waals surface area contributed by atoms with E-state index in [2.05, 4.69) is 21.7 Å². The lowest BCUT2D eigenvalue weighted by Gasteiger charge is -2.27. The first kappa shape index (κ1) is 27.5. The predicted molar refractivity (Wildman–Crippen MR) is 141 cm³/mol. The minimum atomic E-state index is -0.520. The van der Waals surface area contributed by atoms with E-state index < -0.39 is 6.04 Å². The highest BCUT2D eigenvalue weighted by Crippen LogP contribution is 2.25. The fourth-order valence-corrected chi connectivity index (χ4v) is 4.05. The van der Waals surface area contributed by atoms with Crippen LogP contribution in [0.3, 0.4) is 0 Å². The van der Waals surface area contributed by atoms with E-state index in [1.807, 2.05) is 48.3 Å². The summed E-state index contributed by atoms with van der Waals surface area (Å²) in [4.78, 5) is 38.9. The summed E-state index contributed by atoms with van der Waals surface area (Å²) >= 11 is 0. The van der Waals surface area contributed by atoms with Crippen molar-refractivity contribution in [2.45, 2.75) is 38.6 Å². The van der Waals surface area contributed by atoms with Gasteiger partial charge in [-0.3, -0.25) is 14.5 Å². The van der Waals surface area contributed by atoms with Crippen LogP contribution in [0.2, 0.25) is 0 Å². The number of nitrogens with one attached hydrogen (secondary N) is 1. The Balaban J connectivity index is 1.72. The van der Waals surface area contributed by atoms with Gasteiger partial charge in [-0.2, -0.15) is 0 Å². The van der Waals surface area contributed by atoms with Crippen LogP contribution in [0.1, 0.15) is 40.0 Å². The van der Waals surface area contributed by atoms with Gasteiger partial charge in [-0.1, -0.05) is 29.5 Å². The van der Waals surface area contributed by atoms with Crippen molar-refractivity contribution in [1.82, 2.24) is 25.2 Å². The van der Waals surface area contributed by atoms with Crippen molar-refractivity contribution in [2.75, 3.05) is 33.1 Å².